The van der Waals surface area contributed by atoms with E-state index in [4.69, 9.17) is 0 Å². The Kier molecular flexibility index (Phi) is 3.37. The maximum absolute atomic E-state index is 13.1. The van der Waals surface area contributed by atoms with E-state index in [1.54, 1.807) is 19.1 Å². The van der Waals surface area contributed by atoms with Crippen molar-refractivity contribution in [3.63, 3.8) is 0 Å². The number of benzene rings is 1. The number of hydrogen-bond donors (Lipinski definition) is 0. The van der Waals surface area contributed by atoms with Crippen molar-refractivity contribution in [1.82, 2.24) is 0 Å². The molecule has 0 saturated carbocycles. The van der Waals surface area contributed by atoms with Crippen molar-refractivity contribution < 1.29 is 9.18 Å². The molecule has 0 bridgehead atoms. The van der Waals surface area contributed by atoms with Crippen LogP contribution in [0, 0.1) is 5.82 Å². The topological polar surface area (TPSA) is 17.1 Å². The molecule has 1 aromatic carbocycles. The van der Waals surface area contributed by atoms with Crippen LogP contribution in [0.1, 0.15) is 17.3 Å². The van der Waals surface area contributed by atoms with E-state index in [1.807, 2.05) is 0 Å². The van der Waals surface area contributed by atoms with Gasteiger partial charge in [-0.3, -0.25) is 4.79 Å². The quantitative estimate of drug-likeness (QED) is 0.575. The van der Waals surface area contributed by atoms with E-state index in [-0.39, 0.29) is 11.3 Å². The lowest BCUT2D eigenvalue weighted by molar-refractivity contribution is 0.104. The maximum Gasteiger partial charge on any atom is 0.188 e. The van der Waals surface area contributed by atoms with Gasteiger partial charge >= 0.3 is 0 Å². The second kappa shape index (κ2) is 4.33. The Balaban J connectivity index is 3.13. The fourth-order valence-electron chi connectivity index (χ4n) is 0.927. The molecule has 0 saturated heterocycles. The van der Waals surface area contributed by atoms with Crippen LogP contribution in [-0.4, -0.2) is 5.78 Å². The molecule has 68 valence electrons. The predicted molar refractivity (Wildman–Crippen MR) is 53.2 cm³/mol. The molecule has 0 unspecified atom stereocenters. The summed E-state index contributed by atoms with van der Waals surface area (Å²) in [6.07, 6.45) is 2.92. The molecule has 0 spiro atoms. The third-order valence-electron chi connectivity index (χ3n) is 1.51. The highest BCUT2D eigenvalue weighted by Crippen LogP contribution is 2.16. The van der Waals surface area contributed by atoms with Gasteiger partial charge in [0.2, 0.25) is 0 Å². The Morgan fingerprint density at radius 2 is 2.23 bits per heavy atom. The van der Waals surface area contributed by atoms with E-state index in [2.05, 4.69) is 15.9 Å². The fraction of sp³-hybridized carbons (Fsp3) is 0.100. The normalized spacial score (nSPS) is 10.7. The first-order valence-corrected chi connectivity index (χ1v) is 4.56. The Labute approximate surface area is 84.4 Å². The Morgan fingerprint density at radius 1 is 1.54 bits per heavy atom. The van der Waals surface area contributed by atoms with E-state index < -0.39 is 5.82 Å². The second-order valence-electron chi connectivity index (χ2n) is 2.49. The average Bonchev–Trinajstić information content (AvgIpc) is 2.09. The van der Waals surface area contributed by atoms with Gasteiger partial charge in [0.15, 0.2) is 5.78 Å². The van der Waals surface area contributed by atoms with Gasteiger partial charge in [0.25, 0.3) is 0 Å². The molecule has 0 fully saturated rings. The van der Waals surface area contributed by atoms with Gasteiger partial charge in [0.05, 0.1) is 5.56 Å². The van der Waals surface area contributed by atoms with Crippen molar-refractivity contribution in [3.8, 4) is 0 Å². The number of carbonyl (C=O) groups excluding carboxylic acids is 1. The number of carbonyl (C=O) groups is 1. The summed E-state index contributed by atoms with van der Waals surface area (Å²) in [4.78, 5) is 11.3. The number of halogens is 2. The zero-order valence-electron chi connectivity index (χ0n) is 7.05. The van der Waals surface area contributed by atoms with Crippen LogP contribution in [0.5, 0.6) is 0 Å². The molecule has 0 radical (unpaired) electrons. The third-order valence-corrected chi connectivity index (χ3v) is 2.01. The molecule has 1 nitrogen and oxygen atoms in total. The van der Waals surface area contributed by atoms with Crippen molar-refractivity contribution in [2.24, 2.45) is 0 Å². The van der Waals surface area contributed by atoms with Crippen molar-refractivity contribution >= 4 is 21.7 Å². The van der Waals surface area contributed by atoms with Crippen molar-refractivity contribution in [2.45, 2.75) is 6.92 Å². The first-order chi connectivity index (χ1) is 6.15. The number of rotatable bonds is 2. The molecule has 13 heavy (non-hydrogen) atoms. The molecular formula is C10H8BrFO. The standard InChI is InChI=1S/C10H8BrFO/c1-2-3-10(13)8-6-7(11)4-5-9(8)12/h2-6H,1H3/b3-2+. The van der Waals surface area contributed by atoms with E-state index in [0.717, 1.165) is 0 Å². The molecule has 0 aromatic heterocycles. The first kappa shape index (κ1) is 10.1. The van der Waals surface area contributed by atoms with Gasteiger partial charge in [0, 0.05) is 4.47 Å². The Hall–Kier alpha value is -0.960. The van der Waals surface area contributed by atoms with Crippen molar-refractivity contribution in [3.05, 3.63) is 46.2 Å². The lowest BCUT2D eigenvalue weighted by atomic mass is 10.1. The van der Waals surface area contributed by atoms with Gasteiger partial charge in [0.1, 0.15) is 5.82 Å². The van der Waals surface area contributed by atoms with Gasteiger partial charge in [-0.05, 0) is 31.2 Å². The minimum absolute atomic E-state index is 0.0903. The zero-order chi connectivity index (χ0) is 9.84. The van der Waals surface area contributed by atoms with Gasteiger partial charge in [-0.2, -0.15) is 0 Å². The van der Waals surface area contributed by atoms with Crippen LogP contribution in [0.15, 0.2) is 34.8 Å². The highest BCUT2D eigenvalue weighted by Gasteiger charge is 2.08. The molecule has 1 rings (SSSR count). The molecule has 0 amide bonds. The zero-order valence-corrected chi connectivity index (χ0v) is 8.64. The minimum atomic E-state index is -0.494. The molecule has 0 aliphatic heterocycles. The van der Waals surface area contributed by atoms with E-state index in [0.29, 0.717) is 4.47 Å². The largest absolute Gasteiger partial charge is 0.289 e. The number of ketones is 1. The monoisotopic (exact) mass is 242 g/mol. The highest BCUT2D eigenvalue weighted by atomic mass is 79.9. The summed E-state index contributed by atoms with van der Waals surface area (Å²) >= 11 is 3.17. The molecule has 0 aliphatic rings. The SMILES string of the molecule is C/C=C/C(=O)c1cc(Br)ccc1F. The molecule has 0 atom stereocenters. The smallest absolute Gasteiger partial charge is 0.188 e. The van der Waals surface area contributed by atoms with Crippen molar-refractivity contribution in [2.75, 3.05) is 0 Å². The summed E-state index contributed by atoms with van der Waals surface area (Å²) < 4.78 is 13.8. The predicted octanol–water partition coefficient (Wildman–Crippen LogP) is 3.35. The van der Waals surface area contributed by atoms with Gasteiger partial charge < -0.3 is 0 Å². The van der Waals surface area contributed by atoms with Gasteiger partial charge in [-0.15, -0.1) is 0 Å². The van der Waals surface area contributed by atoms with Crippen LogP contribution < -0.4 is 0 Å². The average molecular weight is 243 g/mol. The lowest BCUT2D eigenvalue weighted by Gasteiger charge is -1.98. The van der Waals surface area contributed by atoms with Crippen LogP contribution in [-0.2, 0) is 0 Å². The molecule has 3 heteroatoms. The third kappa shape index (κ3) is 2.49. The van der Waals surface area contributed by atoms with E-state index in [9.17, 15) is 9.18 Å². The van der Waals surface area contributed by atoms with E-state index >= 15 is 0 Å². The highest BCUT2D eigenvalue weighted by molar-refractivity contribution is 9.10. The van der Waals surface area contributed by atoms with Crippen LogP contribution >= 0.6 is 15.9 Å². The molecule has 1 aromatic rings. The molecule has 0 aliphatic carbocycles. The summed E-state index contributed by atoms with van der Waals surface area (Å²) in [7, 11) is 0. The number of allylic oxidation sites excluding steroid dienone is 2. The second-order valence-corrected chi connectivity index (χ2v) is 3.40. The lowest BCUT2D eigenvalue weighted by Crippen LogP contribution is -1.98. The van der Waals surface area contributed by atoms with Crippen LogP contribution in [0.2, 0.25) is 0 Å². The van der Waals surface area contributed by atoms with Crippen molar-refractivity contribution in [1.29, 1.82) is 0 Å². The van der Waals surface area contributed by atoms with Crippen LogP contribution in [0.25, 0.3) is 0 Å². The summed E-state index contributed by atoms with van der Waals surface area (Å²) in [5.74, 6) is -0.812. The molecule has 0 N–H and O–H groups in total. The van der Waals surface area contributed by atoms with Crippen LogP contribution in [0.4, 0.5) is 4.39 Å². The fourth-order valence-corrected chi connectivity index (χ4v) is 1.29. The summed E-state index contributed by atoms with van der Waals surface area (Å²) in [6, 6.07) is 4.29. The van der Waals surface area contributed by atoms with Gasteiger partial charge in [-0.25, -0.2) is 4.39 Å². The summed E-state index contributed by atoms with van der Waals surface area (Å²) in [5.41, 5.74) is 0.0903. The van der Waals surface area contributed by atoms with Gasteiger partial charge in [-0.1, -0.05) is 22.0 Å². The number of hydrogen-bond acceptors (Lipinski definition) is 1. The molecule has 0 heterocycles. The maximum atomic E-state index is 13.1. The Morgan fingerprint density at radius 3 is 2.85 bits per heavy atom. The summed E-state index contributed by atoms with van der Waals surface area (Å²) in [5, 5.41) is 0. The van der Waals surface area contributed by atoms with Crippen LogP contribution in [0.3, 0.4) is 0 Å². The first-order valence-electron chi connectivity index (χ1n) is 3.77. The molecular weight excluding hydrogens is 235 g/mol. The Bertz CT molecular complexity index is 358. The summed E-state index contributed by atoms with van der Waals surface area (Å²) in [6.45, 7) is 1.72. The van der Waals surface area contributed by atoms with E-state index in [1.165, 1.54) is 18.2 Å². The minimum Gasteiger partial charge on any atom is -0.289 e.